The van der Waals surface area contributed by atoms with Gasteiger partial charge in [0.1, 0.15) is 5.82 Å². The second-order valence-corrected chi connectivity index (χ2v) is 4.07. The highest BCUT2D eigenvalue weighted by Crippen LogP contribution is 2.08. The lowest BCUT2D eigenvalue weighted by Gasteiger charge is -2.09. The van der Waals surface area contributed by atoms with E-state index >= 15 is 0 Å². The highest BCUT2D eigenvalue weighted by molar-refractivity contribution is 5.86. The van der Waals surface area contributed by atoms with Gasteiger partial charge in [0.25, 0.3) is 5.56 Å². The fourth-order valence-corrected chi connectivity index (χ4v) is 1.75. The lowest BCUT2D eigenvalue weighted by atomic mass is 10.3. The summed E-state index contributed by atoms with van der Waals surface area (Å²) < 4.78 is 19.8. The normalized spacial score (nSPS) is 10.4. The highest BCUT2D eigenvalue weighted by Gasteiger charge is 2.21. The molecule has 0 aliphatic rings. The summed E-state index contributed by atoms with van der Waals surface area (Å²) in [4.78, 5) is 35.9. The number of halogens is 1. The molecule has 21 heavy (non-hydrogen) atoms. The molecule has 110 valence electrons. The Hall–Kier alpha value is -2.77. The first-order valence-electron chi connectivity index (χ1n) is 6.09. The number of aryl methyl sites for hydroxylation is 1. The van der Waals surface area contributed by atoms with Gasteiger partial charge in [-0.25, -0.2) is 23.2 Å². The third-order valence-corrected chi connectivity index (χ3v) is 2.69. The number of nitrogens with zero attached hydrogens (tertiary/aromatic N) is 3. The molecule has 0 fully saturated rings. The molecule has 8 heteroatoms. The van der Waals surface area contributed by atoms with E-state index in [2.05, 4.69) is 5.10 Å². The number of para-hydroxylation sites is 1. The molecular formula is C13H12FN3O4. The van der Waals surface area contributed by atoms with Gasteiger partial charge in [-0.1, -0.05) is 12.1 Å². The maximum absolute atomic E-state index is 13.8. The smallest absolute Gasteiger partial charge is 0.364 e. The third-order valence-electron chi connectivity index (χ3n) is 2.69. The van der Waals surface area contributed by atoms with Crippen LogP contribution < -0.4 is 11.2 Å². The topological polar surface area (TPSA) is 83.2 Å². The first-order chi connectivity index (χ1) is 9.97. The summed E-state index contributed by atoms with van der Waals surface area (Å²) in [6.07, 6.45) is 0. The maximum Gasteiger partial charge on any atom is 0.364 e. The summed E-state index contributed by atoms with van der Waals surface area (Å²) in [5.41, 5.74) is -2.72. The van der Waals surface area contributed by atoms with E-state index in [1.807, 2.05) is 0 Å². The van der Waals surface area contributed by atoms with Crippen LogP contribution in [0.5, 0.6) is 0 Å². The summed E-state index contributed by atoms with van der Waals surface area (Å²) in [6.45, 7) is 1.61. The van der Waals surface area contributed by atoms with Gasteiger partial charge in [-0.15, -0.1) is 0 Å². The van der Waals surface area contributed by atoms with E-state index in [-0.39, 0.29) is 12.3 Å². The van der Waals surface area contributed by atoms with Crippen LogP contribution in [0.4, 0.5) is 4.39 Å². The van der Waals surface area contributed by atoms with Gasteiger partial charge < -0.3 is 4.74 Å². The zero-order chi connectivity index (χ0) is 15.6. The van der Waals surface area contributed by atoms with Gasteiger partial charge in [-0.2, -0.15) is 5.10 Å². The van der Waals surface area contributed by atoms with Crippen molar-refractivity contribution in [2.75, 3.05) is 6.61 Å². The molecular weight excluding hydrogens is 281 g/mol. The fourth-order valence-electron chi connectivity index (χ4n) is 1.75. The van der Waals surface area contributed by atoms with Crippen LogP contribution in [0.25, 0.3) is 5.69 Å². The first kappa shape index (κ1) is 14.6. The molecule has 0 atom stereocenters. The zero-order valence-corrected chi connectivity index (χ0v) is 11.4. The average molecular weight is 293 g/mol. The van der Waals surface area contributed by atoms with Gasteiger partial charge in [-0.05, 0) is 19.1 Å². The van der Waals surface area contributed by atoms with Crippen molar-refractivity contribution in [3.8, 4) is 5.69 Å². The quantitative estimate of drug-likeness (QED) is 0.757. The van der Waals surface area contributed by atoms with Crippen molar-refractivity contribution in [2.45, 2.75) is 6.92 Å². The van der Waals surface area contributed by atoms with Crippen LogP contribution in [-0.4, -0.2) is 26.9 Å². The van der Waals surface area contributed by atoms with E-state index in [0.29, 0.717) is 4.57 Å². The third kappa shape index (κ3) is 2.60. The molecule has 1 aromatic carbocycles. The van der Waals surface area contributed by atoms with Gasteiger partial charge in [-0.3, -0.25) is 4.79 Å². The molecule has 0 radical (unpaired) electrons. The Morgan fingerprint density at radius 1 is 1.33 bits per heavy atom. The van der Waals surface area contributed by atoms with Crippen molar-refractivity contribution in [3.05, 3.63) is 56.6 Å². The second kappa shape index (κ2) is 5.70. The van der Waals surface area contributed by atoms with Crippen LogP contribution >= 0.6 is 0 Å². The van der Waals surface area contributed by atoms with Crippen LogP contribution in [-0.2, 0) is 11.8 Å². The summed E-state index contributed by atoms with van der Waals surface area (Å²) >= 11 is 0. The molecule has 0 aliphatic carbocycles. The summed E-state index contributed by atoms with van der Waals surface area (Å²) in [7, 11) is 1.25. The standard InChI is InChI=1S/C13H12FN3O4/c1-3-21-12(19)10-11(18)17(13(20)16(2)15-10)9-7-5-4-6-8(9)14/h4-7H,3H2,1-2H3. The molecule has 0 N–H and O–H groups in total. The van der Waals surface area contributed by atoms with Crippen LogP contribution in [0.1, 0.15) is 17.4 Å². The molecule has 0 bridgehead atoms. The van der Waals surface area contributed by atoms with E-state index in [9.17, 15) is 18.8 Å². The van der Waals surface area contributed by atoms with Crippen molar-refractivity contribution in [3.63, 3.8) is 0 Å². The Morgan fingerprint density at radius 2 is 2.00 bits per heavy atom. The minimum atomic E-state index is -1.03. The van der Waals surface area contributed by atoms with E-state index < -0.39 is 28.7 Å². The zero-order valence-electron chi connectivity index (χ0n) is 11.4. The first-order valence-corrected chi connectivity index (χ1v) is 6.09. The van der Waals surface area contributed by atoms with E-state index in [0.717, 1.165) is 10.7 Å². The molecule has 2 rings (SSSR count). The number of aromatic nitrogens is 3. The van der Waals surface area contributed by atoms with Gasteiger partial charge in [0.15, 0.2) is 0 Å². The number of esters is 1. The molecule has 0 saturated heterocycles. The van der Waals surface area contributed by atoms with Crippen LogP contribution in [0.2, 0.25) is 0 Å². The van der Waals surface area contributed by atoms with Gasteiger partial charge in [0, 0.05) is 7.05 Å². The van der Waals surface area contributed by atoms with Crippen molar-refractivity contribution in [1.82, 2.24) is 14.3 Å². The number of hydrogen-bond acceptors (Lipinski definition) is 5. The fraction of sp³-hybridized carbons (Fsp3) is 0.231. The Kier molecular flexibility index (Phi) is 3.97. The Morgan fingerprint density at radius 3 is 2.62 bits per heavy atom. The van der Waals surface area contributed by atoms with Gasteiger partial charge >= 0.3 is 11.7 Å². The number of hydrogen-bond donors (Lipinski definition) is 0. The second-order valence-electron chi connectivity index (χ2n) is 4.07. The average Bonchev–Trinajstić information content (AvgIpc) is 2.45. The lowest BCUT2D eigenvalue weighted by molar-refractivity contribution is 0.0513. The molecule has 1 heterocycles. The number of benzene rings is 1. The molecule has 0 amide bonds. The van der Waals surface area contributed by atoms with Crippen LogP contribution in [0.15, 0.2) is 33.9 Å². The van der Waals surface area contributed by atoms with E-state index in [4.69, 9.17) is 4.74 Å². The van der Waals surface area contributed by atoms with E-state index in [1.165, 1.54) is 25.2 Å². The number of carbonyl (C=O) groups is 1. The van der Waals surface area contributed by atoms with Crippen molar-refractivity contribution >= 4 is 5.97 Å². The molecule has 1 aromatic heterocycles. The van der Waals surface area contributed by atoms with Crippen molar-refractivity contribution in [1.29, 1.82) is 0 Å². The summed E-state index contributed by atoms with van der Waals surface area (Å²) in [5, 5.41) is 3.58. The molecule has 0 aliphatic heterocycles. The summed E-state index contributed by atoms with van der Waals surface area (Å²) in [5.74, 6) is -1.74. The Balaban J connectivity index is 2.78. The largest absolute Gasteiger partial charge is 0.461 e. The molecule has 0 unspecified atom stereocenters. The monoisotopic (exact) mass is 293 g/mol. The van der Waals surface area contributed by atoms with Gasteiger partial charge in [0.05, 0.1) is 12.3 Å². The number of rotatable bonds is 3. The van der Waals surface area contributed by atoms with Crippen molar-refractivity contribution < 1.29 is 13.9 Å². The van der Waals surface area contributed by atoms with Crippen LogP contribution in [0.3, 0.4) is 0 Å². The summed E-state index contributed by atoms with van der Waals surface area (Å²) in [6, 6.07) is 5.25. The SMILES string of the molecule is CCOC(=O)c1nn(C)c(=O)n(-c2ccccc2F)c1=O. The minimum Gasteiger partial charge on any atom is -0.461 e. The highest BCUT2D eigenvalue weighted by atomic mass is 19.1. The lowest BCUT2D eigenvalue weighted by Crippen LogP contribution is -2.43. The Labute approximate surface area is 118 Å². The Bertz CT molecular complexity index is 810. The maximum atomic E-state index is 13.8. The molecule has 0 spiro atoms. The van der Waals surface area contributed by atoms with Crippen molar-refractivity contribution in [2.24, 2.45) is 7.05 Å². The van der Waals surface area contributed by atoms with E-state index in [1.54, 1.807) is 6.92 Å². The predicted molar refractivity (Wildman–Crippen MR) is 71.0 cm³/mol. The van der Waals surface area contributed by atoms with Gasteiger partial charge in [0.2, 0.25) is 5.69 Å². The molecule has 0 saturated carbocycles. The molecule has 7 nitrogen and oxygen atoms in total. The predicted octanol–water partition coefficient (Wildman–Crippen LogP) is 0.247. The number of ether oxygens (including phenoxy) is 1. The molecule has 2 aromatic rings. The van der Waals surface area contributed by atoms with Crippen LogP contribution in [0, 0.1) is 5.82 Å². The number of carbonyl (C=O) groups excluding carboxylic acids is 1. The minimum absolute atomic E-state index is 0.0441.